The van der Waals surface area contributed by atoms with Crippen molar-refractivity contribution in [3.63, 3.8) is 0 Å². The first kappa shape index (κ1) is 16.6. The number of benzene rings is 2. The van der Waals surface area contributed by atoms with Crippen molar-refractivity contribution in [1.29, 1.82) is 0 Å². The van der Waals surface area contributed by atoms with Crippen molar-refractivity contribution in [3.05, 3.63) is 63.0 Å². The second-order valence-corrected chi connectivity index (χ2v) is 5.01. The molecule has 0 aromatic heterocycles. The number of halogens is 3. The minimum atomic E-state index is -2.08. The molecule has 0 saturated heterocycles. The molecule has 130 valence electrons. The highest BCUT2D eigenvalue weighted by Gasteiger charge is 2.28. The van der Waals surface area contributed by atoms with Gasteiger partial charge >= 0.3 is 5.69 Å². The Morgan fingerprint density at radius 2 is 1.84 bits per heavy atom. The summed E-state index contributed by atoms with van der Waals surface area (Å²) in [5, 5.41) is 12.9. The van der Waals surface area contributed by atoms with Gasteiger partial charge in [0.1, 0.15) is 0 Å². The fourth-order valence-electron chi connectivity index (χ4n) is 2.22. The number of hydrogen-bond donors (Lipinski definition) is 1. The Kier molecular flexibility index (Phi) is 4.17. The second-order valence-electron chi connectivity index (χ2n) is 5.01. The molecule has 1 amide bonds. The fraction of sp³-hybridized carbons (Fsp3) is 0.133. The molecular formula is C15H9F3N2O5. The van der Waals surface area contributed by atoms with E-state index < -0.39 is 39.5 Å². The molecule has 10 heteroatoms. The van der Waals surface area contributed by atoms with Gasteiger partial charge in [0.15, 0.2) is 17.3 Å². The molecule has 0 bridgehead atoms. The highest BCUT2D eigenvalue weighted by Crippen LogP contribution is 2.32. The Morgan fingerprint density at radius 1 is 1.12 bits per heavy atom. The molecule has 2 aromatic rings. The van der Waals surface area contributed by atoms with Crippen LogP contribution in [-0.2, 0) is 6.54 Å². The Morgan fingerprint density at radius 3 is 2.56 bits per heavy atom. The first-order valence-electron chi connectivity index (χ1n) is 6.87. The van der Waals surface area contributed by atoms with E-state index in [0.29, 0.717) is 23.1 Å². The number of hydrogen-bond acceptors (Lipinski definition) is 5. The number of ether oxygens (including phenoxy) is 2. The zero-order valence-corrected chi connectivity index (χ0v) is 12.3. The van der Waals surface area contributed by atoms with E-state index in [1.54, 1.807) is 18.2 Å². The van der Waals surface area contributed by atoms with Gasteiger partial charge in [0.25, 0.3) is 5.91 Å². The lowest BCUT2D eigenvalue weighted by atomic mass is 10.1. The minimum absolute atomic E-state index is 0.0644. The lowest BCUT2D eigenvalue weighted by Crippen LogP contribution is -2.24. The molecule has 0 fully saturated rings. The summed E-state index contributed by atoms with van der Waals surface area (Å²) < 4.78 is 50.8. The maximum atomic E-state index is 13.7. The van der Waals surface area contributed by atoms with Crippen molar-refractivity contribution >= 4 is 11.6 Å². The third-order valence-corrected chi connectivity index (χ3v) is 3.46. The number of amides is 1. The van der Waals surface area contributed by atoms with Crippen molar-refractivity contribution in [3.8, 4) is 11.5 Å². The summed E-state index contributed by atoms with van der Waals surface area (Å²) in [6.07, 6.45) is 0. The van der Waals surface area contributed by atoms with E-state index in [1.807, 2.05) is 0 Å². The van der Waals surface area contributed by atoms with E-state index in [9.17, 15) is 28.1 Å². The summed E-state index contributed by atoms with van der Waals surface area (Å²) in [5.74, 6) is -5.99. The van der Waals surface area contributed by atoms with E-state index in [0.717, 1.165) is 0 Å². The van der Waals surface area contributed by atoms with Gasteiger partial charge in [-0.1, -0.05) is 6.07 Å². The maximum absolute atomic E-state index is 13.7. The Hall–Kier alpha value is -3.30. The molecule has 3 rings (SSSR count). The zero-order chi connectivity index (χ0) is 18.1. The largest absolute Gasteiger partial charge is 0.454 e. The van der Waals surface area contributed by atoms with Gasteiger partial charge in [0.05, 0.1) is 10.5 Å². The van der Waals surface area contributed by atoms with Gasteiger partial charge in [-0.25, -0.2) is 8.78 Å². The molecule has 0 unspecified atom stereocenters. The molecule has 1 aliphatic rings. The monoisotopic (exact) mass is 354 g/mol. The van der Waals surface area contributed by atoms with Gasteiger partial charge in [0.2, 0.25) is 18.4 Å². The van der Waals surface area contributed by atoms with Crippen molar-refractivity contribution in [1.82, 2.24) is 5.32 Å². The van der Waals surface area contributed by atoms with Crippen LogP contribution in [0, 0.1) is 27.6 Å². The SMILES string of the molecule is O=C(NCc1ccc2c(c1)OCO2)c1cc([N+](=O)[O-])c(F)c(F)c1F. The van der Waals surface area contributed by atoms with Gasteiger partial charge in [0, 0.05) is 12.6 Å². The smallest absolute Gasteiger partial charge is 0.308 e. The van der Waals surface area contributed by atoms with Gasteiger partial charge in [-0.3, -0.25) is 14.9 Å². The molecular weight excluding hydrogens is 345 g/mol. The lowest BCUT2D eigenvalue weighted by Gasteiger charge is -2.08. The topological polar surface area (TPSA) is 90.7 Å². The molecule has 0 spiro atoms. The molecule has 0 atom stereocenters. The van der Waals surface area contributed by atoms with Crippen LogP contribution in [0.1, 0.15) is 15.9 Å². The summed E-state index contributed by atoms with van der Waals surface area (Å²) in [4.78, 5) is 21.4. The number of nitro benzene ring substituents is 1. The van der Waals surface area contributed by atoms with Gasteiger partial charge < -0.3 is 14.8 Å². The van der Waals surface area contributed by atoms with Crippen LogP contribution < -0.4 is 14.8 Å². The summed E-state index contributed by atoms with van der Waals surface area (Å²) in [5.41, 5.74) is -1.73. The highest BCUT2D eigenvalue weighted by molar-refractivity contribution is 5.95. The maximum Gasteiger partial charge on any atom is 0.308 e. The third kappa shape index (κ3) is 3.05. The van der Waals surface area contributed by atoms with Crippen LogP contribution in [0.2, 0.25) is 0 Å². The quantitative estimate of drug-likeness (QED) is 0.518. The molecule has 2 aromatic carbocycles. The van der Waals surface area contributed by atoms with E-state index in [4.69, 9.17) is 9.47 Å². The lowest BCUT2D eigenvalue weighted by molar-refractivity contribution is -0.387. The highest BCUT2D eigenvalue weighted by atomic mass is 19.2. The fourth-order valence-corrected chi connectivity index (χ4v) is 2.22. The van der Waals surface area contributed by atoms with E-state index >= 15 is 0 Å². The van der Waals surface area contributed by atoms with E-state index in [-0.39, 0.29) is 13.3 Å². The van der Waals surface area contributed by atoms with Crippen LogP contribution in [0.4, 0.5) is 18.9 Å². The molecule has 1 aliphatic heterocycles. The van der Waals surface area contributed by atoms with Crippen LogP contribution in [-0.4, -0.2) is 17.6 Å². The number of nitro groups is 1. The predicted molar refractivity (Wildman–Crippen MR) is 76.7 cm³/mol. The first-order chi connectivity index (χ1) is 11.9. The normalized spacial score (nSPS) is 12.1. The van der Waals surface area contributed by atoms with Crippen molar-refractivity contribution in [2.45, 2.75) is 6.54 Å². The molecule has 0 aliphatic carbocycles. The van der Waals surface area contributed by atoms with Crippen LogP contribution >= 0.6 is 0 Å². The van der Waals surface area contributed by atoms with Crippen molar-refractivity contribution in [2.75, 3.05) is 6.79 Å². The van der Waals surface area contributed by atoms with Crippen LogP contribution in [0.5, 0.6) is 11.5 Å². The molecule has 1 heterocycles. The zero-order valence-electron chi connectivity index (χ0n) is 12.3. The van der Waals surface area contributed by atoms with Crippen LogP contribution in [0.15, 0.2) is 24.3 Å². The van der Waals surface area contributed by atoms with Crippen LogP contribution in [0.3, 0.4) is 0 Å². The molecule has 7 nitrogen and oxygen atoms in total. The molecule has 1 N–H and O–H groups in total. The van der Waals surface area contributed by atoms with Gasteiger partial charge in [-0.2, -0.15) is 4.39 Å². The van der Waals surface area contributed by atoms with E-state index in [2.05, 4.69) is 5.32 Å². The van der Waals surface area contributed by atoms with Crippen molar-refractivity contribution in [2.24, 2.45) is 0 Å². The van der Waals surface area contributed by atoms with Gasteiger partial charge in [-0.15, -0.1) is 0 Å². The molecule has 25 heavy (non-hydrogen) atoms. The van der Waals surface area contributed by atoms with Crippen molar-refractivity contribution < 1.29 is 32.4 Å². The number of carbonyl (C=O) groups excluding carboxylic acids is 1. The average Bonchev–Trinajstić information content (AvgIpc) is 3.05. The van der Waals surface area contributed by atoms with Gasteiger partial charge in [-0.05, 0) is 17.7 Å². The Balaban J connectivity index is 1.80. The average molecular weight is 354 g/mol. The second kappa shape index (κ2) is 6.30. The summed E-state index contributed by atoms with van der Waals surface area (Å²) in [6.45, 7) is -0.0312. The number of fused-ring (bicyclic) bond motifs is 1. The number of nitrogens with one attached hydrogen (secondary N) is 1. The Labute approximate surface area is 138 Å². The predicted octanol–water partition coefficient (Wildman–Crippen LogP) is 2.67. The standard InChI is InChI=1S/C15H9F3N2O5/c16-12-8(4-9(20(22)23)13(17)14(12)18)15(21)19-5-7-1-2-10-11(3-7)25-6-24-10/h1-4H,5-6H2,(H,19,21). The summed E-state index contributed by atoms with van der Waals surface area (Å²) >= 11 is 0. The number of rotatable bonds is 4. The van der Waals surface area contributed by atoms with E-state index in [1.165, 1.54) is 0 Å². The molecule has 0 radical (unpaired) electrons. The van der Waals surface area contributed by atoms with Crippen LogP contribution in [0.25, 0.3) is 0 Å². The molecule has 0 saturated carbocycles. The summed E-state index contributed by atoms with van der Waals surface area (Å²) in [6, 6.07) is 5.14. The number of nitrogens with zero attached hydrogens (tertiary/aromatic N) is 1. The Bertz CT molecular complexity index is 888. The first-order valence-corrected chi connectivity index (χ1v) is 6.87. The summed E-state index contributed by atoms with van der Waals surface area (Å²) in [7, 11) is 0. The third-order valence-electron chi connectivity index (χ3n) is 3.46. The minimum Gasteiger partial charge on any atom is -0.454 e. The number of carbonyl (C=O) groups is 1.